The smallest absolute Gasteiger partial charge is 0.0808 e. The summed E-state index contributed by atoms with van der Waals surface area (Å²) in [5, 5.41) is 1.26. The van der Waals surface area contributed by atoms with Gasteiger partial charge in [0.2, 0.25) is 0 Å². The van der Waals surface area contributed by atoms with Crippen LogP contribution in [0.15, 0.2) is 55.2 Å². The first kappa shape index (κ1) is 10.2. The lowest BCUT2D eigenvalue weighted by Gasteiger charge is -1.98. The Labute approximate surface area is 104 Å². The van der Waals surface area contributed by atoms with Gasteiger partial charge in [0, 0.05) is 21.8 Å². The lowest BCUT2D eigenvalue weighted by Crippen LogP contribution is -1.80. The Bertz CT molecular complexity index is 668. The van der Waals surface area contributed by atoms with Gasteiger partial charge >= 0.3 is 0 Å². The standard InChI is InChI=1S/C15H11NS/c1-2-11-12-7-3-4-9-14(12)17-15(11)13-8-5-6-10-16-13/h2-10H,1H2. The van der Waals surface area contributed by atoms with Crippen LogP contribution in [0.1, 0.15) is 5.56 Å². The fraction of sp³-hybridized carbons (Fsp3) is 0. The van der Waals surface area contributed by atoms with Crippen LogP contribution < -0.4 is 0 Å². The highest BCUT2D eigenvalue weighted by Gasteiger charge is 2.11. The third-order valence-corrected chi connectivity index (χ3v) is 3.94. The van der Waals surface area contributed by atoms with E-state index in [1.54, 1.807) is 11.3 Å². The normalized spacial score (nSPS) is 10.6. The molecule has 2 heteroatoms. The Morgan fingerprint density at radius 3 is 2.65 bits per heavy atom. The highest BCUT2D eigenvalue weighted by molar-refractivity contribution is 7.22. The topological polar surface area (TPSA) is 12.9 Å². The second-order valence-electron chi connectivity index (χ2n) is 3.76. The fourth-order valence-corrected chi connectivity index (χ4v) is 3.14. The van der Waals surface area contributed by atoms with E-state index >= 15 is 0 Å². The minimum Gasteiger partial charge on any atom is -0.255 e. The zero-order valence-corrected chi connectivity index (χ0v) is 10.1. The van der Waals surface area contributed by atoms with Crippen molar-refractivity contribution >= 4 is 27.5 Å². The zero-order valence-electron chi connectivity index (χ0n) is 9.26. The molecule has 1 nitrogen and oxygen atoms in total. The first-order chi connectivity index (χ1) is 8.40. The van der Waals surface area contributed by atoms with Crippen molar-refractivity contribution in [2.45, 2.75) is 0 Å². The van der Waals surface area contributed by atoms with Gasteiger partial charge in [-0.2, -0.15) is 0 Å². The number of thiophene rings is 1. The number of aromatic nitrogens is 1. The van der Waals surface area contributed by atoms with Crippen LogP contribution in [-0.2, 0) is 0 Å². The quantitative estimate of drug-likeness (QED) is 0.634. The summed E-state index contributed by atoms with van der Waals surface area (Å²) >= 11 is 1.77. The van der Waals surface area contributed by atoms with Crippen molar-refractivity contribution in [3.8, 4) is 10.6 Å². The van der Waals surface area contributed by atoms with Gasteiger partial charge in [0.1, 0.15) is 0 Å². The number of rotatable bonds is 2. The van der Waals surface area contributed by atoms with Crippen molar-refractivity contribution in [2.75, 3.05) is 0 Å². The molecule has 0 aliphatic carbocycles. The van der Waals surface area contributed by atoms with E-state index in [0.717, 1.165) is 5.69 Å². The van der Waals surface area contributed by atoms with Crippen LogP contribution in [0.25, 0.3) is 26.7 Å². The summed E-state index contributed by atoms with van der Waals surface area (Å²) in [6.07, 6.45) is 3.75. The molecular formula is C15H11NS. The molecule has 0 aliphatic rings. The molecule has 0 aliphatic heterocycles. The molecule has 0 atom stereocenters. The average Bonchev–Trinajstić information content (AvgIpc) is 2.78. The molecule has 0 saturated heterocycles. The minimum atomic E-state index is 1.02. The van der Waals surface area contributed by atoms with Crippen molar-refractivity contribution in [1.82, 2.24) is 4.98 Å². The second kappa shape index (κ2) is 4.15. The molecule has 0 radical (unpaired) electrons. The molecular weight excluding hydrogens is 226 g/mol. The molecule has 0 unspecified atom stereocenters. The van der Waals surface area contributed by atoms with E-state index in [1.165, 1.54) is 20.5 Å². The van der Waals surface area contributed by atoms with Gasteiger partial charge in [0.25, 0.3) is 0 Å². The van der Waals surface area contributed by atoms with Crippen LogP contribution in [0, 0.1) is 0 Å². The predicted octanol–water partition coefficient (Wildman–Crippen LogP) is 4.61. The van der Waals surface area contributed by atoms with Crippen LogP contribution in [-0.4, -0.2) is 4.98 Å². The van der Waals surface area contributed by atoms with Gasteiger partial charge in [0.15, 0.2) is 0 Å². The van der Waals surface area contributed by atoms with Crippen LogP contribution in [0.2, 0.25) is 0 Å². The Balaban J connectivity index is 2.33. The Morgan fingerprint density at radius 2 is 1.88 bits per heavy atom. The van der Waals surface area contributed by atoms with E-state index in [4.69, 9.17) is 0 Å². The van der Waals surface area contributed by atoms with E-state index in [2.05, 4.69) is 35.8 Å². The fourth-order valence-electron chi connectivity index (χ4n) is 1.96. The van der Waals surface area contributed by atoms with Gasteiger partial charge in [-0.1, -0.05) is 36.9 Å². The molecule has 2 aromatic heterocycles. The molecule has 0 N–H and O–H groups in total. The van der Waals surface area contributed by atoms with E-state index in [1.807, 2.05) is 30.5 Å². The van der Waals surface area contributed by atoms with Gasteiger partial charge in [-0.25, -0.2) is 0 Å². The van der Waals surface area contributed by atoms with Crippen molar-refractivity contribution < 1.29 is 0 Å². The molecule has 0 fully saturated rings. The van der Waals surface area contributed by atoms with Gasteiger partial charge in [-0.3, -0.25) is 4.98 Å². The average molecular weight is 237 g/mol. The Morgan fingerprint density at radius 1 is 1.06 bits per heavy atom. The predicted molar refractivity (Wildman–Crippen MR) is 75.1 cm³/mol. The summed E-state index contributed by atoms with van der Waals surface area (Å²) in [5.74, 6) is 0. The highest BCUT2D eigenvalue weighted by atomic mass is 32.1. The molecule has 3 rings (SSSR count). The molecule has 0 bridgehead atoms. The van der Waals surface area contributed by atoms with Crippen LogP contribution in [0.4, 0.5) is 0 Å². The zero-order chi connectivity index (χ0) is 11.7. The van der Waals surface area contributed by atoms with Gasteiger partial charge in [-0.15, -0.1) is 11.3 Å². The lowest BCUT2D eigenvalue weighted by atomic mass is 10.1. The first-order valence-corrected chi connectivity index (χ1v) is 6.27. The van der Waals surface area contributed by atoms with E-state index in [9.17, 15) is 0 Å². The summed E-state index contributed by atoms with van der Waals surface area (Å²) < 4.78 is 1.28. The molecule has 82 valence electrons. The molecule has 3 aromatic rings. The van der Waals surface area contributed by atoms with Gasteiger partial charge in [-0.05, 0) is 18.2 Å². The third kappa shape index (κ3) is 1.67. The molecule has 0 amide bonds. The lowest BCUT2D eigenvalue weighted by molar-refractivity contribution is 1.34. The monoisotopic (exact) mass is 237 g/mol. The second-order valence-corrected chi connectivity index (χ2v) is 4.81. The number of fused-ring (bicyclic) bond motifs is 1. The summed E-state index contributed by atoms with van der Waals surface area (Å²) in [4.78, 5) is 5.61. The van der Waals surface area contributed by atoms with Crippen LogP contribution >= 0.6 is 11.3 Å². The Hall–Kier alpha value is -1.93. The molecule has 0 spiro atoms. The SMILES string of the molecule is C=Cc1c(-c2ccccn2)sc2ccccc12. The molecule has 2 heterocycles. The summed E-state index contributed by atoms with van der Waals surface area (Å²) in [6, 6.07) is 14.4. The van der Waals surface area contributed by atoms with Crippen LogP contribution in [0.5, 0.6) is 0 Å². The maximum Gasteiger partial charge on any atom is 0.0808 e. The van der Waals surface area contributed by atoms with Gasteiger partial charge < -0.3 is 0 Å². The molecule has 0 saturated carbocycles. The first-order valence-electron chi connectivity index (χ1n) is 5.45. The number of benzene rings is 1. The third-order valence-electron chi connectivity index (χ3n) is 2.74. The highest BCUT2D eigenvalue weighted by Crippen LogP contribution is 2.38. The maximum absolute atomic E-state index is 4.42. The summed E-state index contributed by atoms with van der Waals surface area (Å²) in [5.41, 5.74) is 2.20. The van der Waals surface area contributed by atoms with E-state index in [0.29, 0.717) is 0 Å². The van der Waals surface area contributed by atoms with Crippen molar-refractivity contribution in [3.05, 3.63) is 60.8 Å². The maximum atomic E-state index is 4.42. The van der Waals surface area contributed by atoms with Crippen molar-refractivity contribution in [2.24, 2.45) is 0 Å². The number of hydrogen-bond donors (Lipinski definition) is 0. The summed E-state index contributed by atoms with van der Waals surface area (Å²) in [7, 11) is 0. The summed E-state index contributed by atoms with van der Waals surface area (Å²) in [6.45, 7) is 3.92. The molecule has 1 aromatic carbocycles. The van der Waals surface area contributed by atoms with Gasteiger partial charge in [0.05, 0.1) is 10.6 Å². The number of hydrogen-bond acceptors (Lipinski definition) is 2. The largest absolute Gasteiger partial charge is 0.255 e. The van der Waals surface area contributed by atoms with Crippen LogP contribution in [0.3, 0.4) is 0 Å². The number of nitrogens with zero attached hydrogens (tertiary/aromatic N) is 1. The Kier molecular flexibility index (Phi) is 2.50. The minimum absolute atomic E-state index is 1.02. The van der Waals surface area contributed by atoms with Crippen molar-refractivity contribution in [3.63, 3.8) is 0 Å². The van der Waals surface area contributed by atoms with Crippen molar-refractivity contribution in [1.29, 1.82) is 0 Å². The molecule has 17 heavy (non-hydrogen) atoms. The van der Waals surface area contributed by atoms with E-state index < -0.39 is 0 Å². The van der Waals surface area contributed by atoms with E-state index in [-0.39, 0.29) is 0 Å². The number of pyridine rings is 1.